The fourth-order valence-corrected chi connectivity index (χ4v) is 3.74. The van der Waals surface area contributed by atoms with Gasteiger partial charge in [-0.3, -0.25) is 0 Å². The molecule has 1 aliphatic heterocycles. The van der Waals surface area contributed by atoms with Crippen LogP contribution in [-0.4, -0.2) is 41.1 Å². The van der Waals surface area contributed by atoms with Gasteiger partial charge in [-0.15, -0.1) is 0 Å². The lowest BCUT2D eigenvalue weighted by Crippen LogP contribution is -2.42. The molecule has 1 fully saturated rings. The molecule has 1 saturated heterocycles. The minimum Gasteiger partial charge on any atom is -0.481 e. The van der Waals surface area contributed by atoms with E-state index in [9.17, 15) is 4.79 Å². The van der Waals surface area contributed by atoms with Crippen molar-refractivity contribution < 1.29 is 14.3 Å². The molecule has 0 spiro atoms. The SMILES string of the molecule is COc1ccc(NC(=O)N2CC/C(=C\c3cccc(Oc4ccc(C)cn4)c3)C(C)C2)cn1. The highest BCUT2D eigenvalue weighted by Crippen LogP contribution is 2.27. The van der Waals surface area contributed by atoms with Crippen LogP contribution in [-0.2, 0) is 0 Å². The Morgan fingerprint density at radius 1 is 1.12 bits per heavy atom. The summed E-state index contributed by atoms with van der Waals surface area (Å²) in [7, 11) is 1.56. The lowest BCUT2D eigenvalue weighted by atomic mass is 9.91. The number of piperidine rings is 1. The highest BCUT2D eigenvalue weighted by Gasteiger charge is 2.24. The Kier molecular flexibility index (Phi) is 6.88. The quantitative estimate of drug-likeness (QED) is 0.559. The Balaban J connectivity index is 1.37. The van der Waals surface area contributed by atoms with Crippen LogP contribution in [0.4, 0.5) is 10.5 Å². The molecule has 0 bridgehead atoms. The van der Waals surface area contributed by atoms with Gasteiger partial charge >= 0.3 is 6.03 Å². The number of benzene rings is 1. The van der Waals surface area contributed by atoms with E-state index in [1.165, 1.54) is 5.57 Å². The van der Waals surface area contributed by atoms with Crippen molar-refractivity contribution in [2.75, 3.05) is 25.5 Å². The minimum atomic E-state index is -0.117. The van der Waals surface area contributed by atoms with E-state index in [2.05, 4.69) is 34.4 Å². The summed E-state index contributed by atoms with van der Waals surface area (Å²) in [5.74, 6) is 2.09. The van der Waals surface area contributed by atoms with E-state index in [1.54, 1.807) is 31.6 Å². The molecule has 3 aromatic rings. The summed E-state index contributed by atoms with van der Waals surface area (Å²) < 4.78 is 11.0. The first kappa shape index (κ1) is 22.3. The number of anilines is 1. The van der Waals surface area contributed by atoms with Crippen LogP contribution in [0, 0.1) is 12.8 Å². The molecule has 0 aliphatic carbocycles. The van der Waals surface area contributed by atoms with Gasteiger partial charge in [-0.25, -0.2) is 14.8 Å². The molecule has 2 amide bonds. The number of ether oxygens (including phenoxy) is 2. The van der Waals surface area contributed by atoms with E-state index in [0.717, 1.165) is 23.3 Å². The molecule has 1 unspecified atom stereocenters. The third-order valence-corrected chi connectivity index (χ3v) is 5.60. The summed E-state index contributed by atoms with van der Waals surface area (Å²) in [6.07, 6.45) is 6.40. The summed E-state index contributed by atoms with van der Waals surface area (Å²) >= 11 is 0. The summed E-state index contributed by atoms with van der Waals surface area (Å²) in [6.45, 7) is 5.46. The number of rotatable bonds is 5. The normalized spacial score (nSPS) is 17.0. The lowest BCUT2D eigenvalue weighted by Gasteiger charge is -2.33. The van der Waals surface area contributed by atoms with Crippen molar-refractivity contribution in [1.29, 1.82) is 0 Å². The van der Waals surface area contributed by atoms with E-state index in [4.69, 9.17) is 9.47 Å². The predicted molar refractivity (Wildman–Crippen MR) is 129 cm³/mol. The Hall–Kier alpha value is -3.87. The first-order valence-corrected chi connectivity index (χ1v) is 11.0. The predicted octanol–water partition coefficient (Wildman–Crippen LogP) is 5.54. The van der Waals surface area contributed by atoms with Crippen molar-refractivity contribution in [2.45, 2.75) is 20.3 Å². The molecular formula is C26H28N4O3. The molecule has 3 heterocycles. The second-order valence-corrected chi connectivity index (χ2v) is 8.18. The van der Waals surface area contributed by atoms with Crippen LogP contribution in [0.1, 0.15) is 24.5 Å². The third-order valence-electron chi connectivity index (χ3n) is 5.60. The van der Waals surface area contributed by atoms with Crippen molar-refractivity contribution in [3.8, 4) is 17.5 Å². The number of amides is 2. The summed E-state index contributed by atoms with van der Waals surface area (Å²) in [6, 6.07) is 15.2. The lowest BCUT2D eigenvalue weighted by molar-refractivity contribution is 0.198. The number of carbonyl (C=O) groups excluding carboxylic acids is 1. The number of pyridine rings is 2. The fourth-order valence-electron chi connectivity index (χ4n) is 3.74. The number of urea groups is 1. The Labute approximate surface area is 194 Å². The van der Waals surface area contributed by atoms with Gasteiger partial charge in [-0.05, 0) is 48.6 Å². The van der Waals surface area contributed by atoms with Gasteiger partial charge in [0, 0.05) is 31.4 Å². The molecule has 2 aromatic heterocycles. The van der Waals surface area contributed by atoms with Gasteiger partial charge in [0.05, 0.1) is 19.0 Å². The second-order valence-electron chi connectivity index (χ2n) is 8.18. The zero-order valence-electron chi connectivity index (χ0n) is 19.1. The standard InChI is InChI=1S/C26H28N4O3/c1-18-7-9-25(27-15-18)33-23-6-4-5-20(14-23)13-21-11-12-30(17-19(21)2)26(31)29-22-8-10-24(32-3)28-16-22/h4-10,13-16,19H,11-12,17H2,1-3H3,(H,29,31)/b21-13+. The van der Waals surface area contributed by atoms with E-state index < -0.39 is 0 Å². The molecule has 1 N–H and O–H groups in total. The van der Waals surface area contributed by atoms with Gasteiger partial charge in [0.2, 0.25) is 11.8 Å². The van der Waals surface area contributed by atoms with Gasteiger partial charge in [0.15, 0.2) is 0 Å². The van der Waals surface area contributed by atoms with Gasteiger partial charge in [0.25, 0.3) is 0 Å². The molecule has 0 saturated carbocycles. The van der Waals surface area contributed by atoms with Crippen LogP contribution in [0.3, 0.4) is 0 Å². The van der Waals surface area contributed by atoms with Crippen LogP contribution >= 0.6 is 0 Å². The highest BCUT2D eigenvalue weighted by molar-refractivity contribution is 5.89. The molecule has 170 valence electrons. The number of hydrogen-bond acceptors (Lipinski definition) is 5. The number of aryl methyl sites for hydroxylation is 1. The molecule has 7 nitrogen and oxygen atoms in total. The van der Waals surface area contributed by atoms with Crippen LogP contribution in [0.2, 0.25) is 0 Å². The Morgan fingerprint density at radius 3 is 2.64 bits per heavy atom. The molecule has 1 aliphatic rings. The number of nitrogens with one attached hydrogen (secondary N) is 1. The number of aromatic nitrogens is 2. The molecular weight excluding hydrogens is 416 g/mol. The van der Waals surface area contributed by atoms with E-state index in [0.29, 0.717) is 30.5 Å². The maximum absolute atomic E-state index is 12.7. The average Bonchev–Trinajstić information content (AvgIpc) is 2.82. The monoisotopic (exact) mass is 444 g/mol. The summed E-state index contributed by atoms with van der Waals surface area (Å²) in [5, 5.41) is 2.91. The fraction of sp³-hybridized carbons (Fsp3) is 0.269. The molecule has 0 radical (unpaired) electrons. The average molecular weight is 445 g/mol. The number of carbonyl (C=O) groups is 1. The van der Waals surface area contributed by atoms with E-state index in [1.807, 2.05) is 42.2 Å². The smallest absolute Gasteiger partial charge is 0.321 e. The van der Waals surface area contributed by atoms with Crippen molar-refractivity contribution in [3.63, 3.8) is 0 Å². The molecule has 1 atom stereocenters. The zero-order chi connectivity index (χ0) is 23.2. The first-order valence-electron chi connectivity index (χ1n) is 11.0. The van der Waals surface area contributed by atoms with Crippen molar-refractivity contribution in [2.24, 2.45) is 5.92 Å². The van der Waals surface area contributed by atoms with E-state index in [-0.39, 0.29) is 11.9 Å². The van der Waals surface area contributed by atoms with E-state index >= 15 is 0 Å². The summed E-state index contributed by atoms with van der Waals surface area (Å²) in [5.41, 5.74) is 4.13. The van der Waals surface area contributed by atoms with Gasteiger partial charge < -0.3 is 19.7 Å². The minimum absolute atomic E-state index is 0.117. The molecule has 4 rings (SSSR count). The largest absolute Gasteiger partial charge is 0.481 e. The summed E-state index contributed by atoms with van der Waals surface area (Å²) in [4.78, 5) is 23.0. The van der Waals surface area contributed by atoms with Crippen LogP contribution < -0.4 is 14.8 Å². The molecule has 1 aromatic carbocycles. The zero-order valence-corrected chi connectivity index (χ0v) is 19.1. The molecule has 33 heavy (non-hydrogen) atoms. The van der Waals surface area contributed by atoms with Gasteiger partial charge in [0.1, 0.15) is 5.75 Å². The van der Waals surface area contributed by atoms with Crippen LogP contribution in [0.5, 0.6) is 17.5 Å². The van der Waals surface area contributed by atoms with Crippen molar-refractivity contribution in [1.82, 2.24) is 14.9 Å². The number of methoxy groups -OCH3 is 1. The van der Waals surface area contributed by atoms with Gasteiger partial charge in [-0.2, -0.15) is 0 Å². The van der Waals surface area contributed by atoms with Gasteiger partial charge in [-0.1, -0.05) is 36.8 Å². The number of nitrogens with zero attached hydrogens (tertiary/aromatic N) is 3. The maximum atomic E-state index is 12.7. The van der Waals surface area contributed by atoms with Crippen molar-refractivity contribution in [3.05, 3.63) is 77.6 Å². The molecule has 7 heteroatoms. The highest BCUT2D eigenvalue weighted by atomic mass is 16.5. The second kappa shape index (κ2) is 10.2. The van der Waals surface area contributed by atoms with Crippen molar-refractivity contribution >= 4 is 17.8 Å². The Bertz CT molecular complexity index is 1130. The first-order chi connectivity index (χ1) is 16.0. The topological polar surface area (TPSA) is 76.6 Å². The number of likely N-dealkylation sites (tertiary alicyclic amines) is 1. The Morgan fingerprint density at radius 2 is 1.94 bits per heavy atom. The number of hydrogen-bond donors (Lipinski definition) is 1. The van der Waals surface area contributed by atoms with Crippen LogP contribution in [0.15, 0.2) is 66.5 Å². The third kappa shape index (κ3) is 5.88. The van der Waals surface area contributed by atoms with Crippen LogP contribution in [0.25, 0.3) is 6.08 Å². The maximum Gasteiger partial charge on any atom is 0.321 e.